The molecule has 26 heavy (non-hydrogen) atoms. The lowest BCUT2D eigenvalue weighted by Crippen LogP contribution is -2.41. The molecular weight excluding hydrogens is 330 g/mol. The largest absolute Gasteiger partial charge is 0.343 e. The second-order valence-electron chi connectivity index (χ2n) is 8.04. The van der Waals surface area contributed by atoms with Crippen LogP contribution in [0.2, 0.25) is 0 Å². The van der Waals surface area contributed by atoms with Crippen LogP contribution in [0.5, 0.6) is 0 Å². The fourth-order valence-corrected chi connectivity index (χ4v) is 4.41. The highest BCUT2D eigenvalue weighted by atomic mass is 16.2. The molecule has 3 aliphatic heterocycles. The van der Waals surface area contributed by atoms with Crippen LogP contribution in [0.4, 0.5) is 0 Å². The van der Waals surface area contributed by atoms with Gasteiger partial charge in [-0.15, -0.1) is 0 Å². The summed E-state index contributed by atoms with van der Waals surface area (Å²) in [5, 5.41) is 0. The molecule has 0 spiro atoms. The highest BCUT2D eigenvalue weighted by molar-refractivity contribution is 5.79. The normalized spacial score (nSPS) is 22.8. The quantitative estimate of drug-likeness (QED) is 0.725. The van der Waals surface area contributed by atoms with E-state index >= 15 is 0 Å². The van der Waals surface area contributed by atoms with Crippen molar-refractivity contribution in [3.8, 4) is 0 Å². The van der Waals surface area contributed by atoms with Gasteiger partial charge in [0.05, 0.1) is 0 Å². The van der Waals surface area contributed by atoms with Crippen LogP contribution in [-0.4, -0.2) is 71.7 Å². The van der Waals surface area contributed by atoms with E-state index in [9.17, 15) is 14.4 Å². The lowest BCUT2D eigenvalue weighted by atomic mass is 9.93. The third-order valence-corrected chi connectivity index (χ3v) is 6.21. The molecule has 0 aromatic carbocycles. The molecular formula is C20H33N3O3. The van der Waals surface area contributed by atoms with Crippen molar-refractivity contribution < 1.29 is 14.4 Å². The molecule has 0 atom stereocenters. The first-order chi connectivity index (χ1) is 12.6. The third kappa shape index (κ3) is 5.21. The maximum absolute atomic E-state index is 12.5. The van der Waals surface area contributed by atoms with Crippen molar-refractivity contribution >= 4 is 17.7 Å². The van der Waals surface area contributed by atoms with Crippen molar-refractivity contribution in [2.24, 2.45) is 5.92 Å². The van der Waals surface area contributed by atoms with Crippen LogP contribution in [0.25, 0.3) is 0 Å². The standard InChI is InChI=1S/C20H33N3O3/c24-18-5-2-1-3-11-21(18)16-10-20(26)23-14-8-17(9-15-23)7-13-22-12-4-6-19(22)25/h17H,1-16H2. The minimum atomic E-state index is 0.190. The van der Waals surface area contributed by atoms with Gasteiger partial charge >= 0.3 is 0 Å². The summed E-state index contributed by atoms with van der Waals surface area (Å²) in [5.74, 6) is 1.33. The molecule has 3 fully saturated rings. The molecule has 0 N–H and O–H groups in total. The molecule has 146 valence electrons. The zero-order valence-electron chi connectivity index (χ0n) is 16.0. The van der Waals surface area contributed by atoms with Crippen LogP contribution in [-0.2, 0) is 14.4 Å². The van der Waals surface area contributed by atoms with Gasteiger partial charge < -0.3 is 14.7 Å². The maximum atomic E-state index is 12.5. The Morgan fingerprint density at radius 3 is 2.15 bits per heavy atom. The van der Waals surface area contributed by atoms with Gasteiger partial charge in [-0.25, -0.2) is 0 Å². The zero-order chi connectivity index (χ0) is 18.4. The number of hydrogen-bond acceptors (Lipinski definition) is 3. The Balaban J connectivity index is 1.34. The summed E-state index contributed by atoms with van der Waals surface area (Å²) in [7, 11) is 0. The Labute approximate surface area is 156 Å². The fraction of sp³-hybridized carbons (Fsp3) is 0.850. The first-order valence-corrected chi connectivity index (χ1v) is 10.5. The number of hydrogen-bond donors (Lipinski definition) is 0. The van der Waals surface area contributed by atoms with Gasteiger partial charge in [0.2, 0.25) is 17.7 Å². The minimum Gasteiger partial charge on any atom is -0.343 e. The molecule has 3 heterocycles. The van der Waals surface area contributed by atoms with Gasteiger partial charge in [-0.1, -0.05) is 6.42 Å². The van der Waals surface area contributed by atoms with Crippen molar-refractivity contribution in [2.75, 3.05) is 39.3 Å². The van der Waals surface area contributed by atoms with E-state index in [4.69, 9.17) is 0 Å². The Kier molecular flexibility index (Phi) is 6.92. The molecule has 6 nitrogen and oxygen atoms in total. The van der Waals surface area contributed by atoms with E-state index in [-0.39, 0.29) is 11.8 Å². The molecule has 0 aromatic rings. The summed E-state index contributed by atoms with van der Waals surface area (Å²) >= 11 is 0. The molecule has 3 saturated heterocycles. The highest BCUT2D eigenvalue weighted by Gasteiger charge is 2.26. The van der Waals surface area contributed by atoms with Crippen molar-refractivity contribution in [1.82, 2.24) is 14.7 Å². The smallest absolute Gasteiger partial charge is 0.224 e. The van der Waals surface area contributed by atoms with E-state index in [1.54, 1.807) is 0 Å². The summed E-state index contributed by atoms with van der Waals surface area (Å²) in [6.07, 6.45) is 9.12. The van der Waals surface area contributed by atoms with Gasteiger partial charge in [-0.05, 0) is 44.4 Å². The summed E-state index contributed by atoms with van der Waals surface area (Å²) in [6, 6.07) is 0. The van der Waals surface area contributed by atoms with Crippen LogP contribution in [0, 0.1) is 5.92 Å². The van der Waals surface area contributed by atoms with Gasteiger partial charge in [-0.2, -0.15) is 0 Å². The van der Waals surface area contributed by atoms with Crippen molar-refractivity contribution in [2.45, 2.75) is 64.2 Å². The van der Waals surface area contributed by atoms with E-state index in [0.717, 1.165) is 77.7 Å². The number of carbonyl (C=O) groups is 3. The first kappa shape index (κ1) is 19.2. The number of piperidine rings is 1. The average Bonchev–Trinajstić information content (AvgIpc) is 2.95. The summed E-state index contributed by atoms with van der Waals surface area (Å²) in [5.41, 5.74) is 0. The van der Waals surface area contributed by atoms with Crippen LogP contribution >= 0.6 is 0 Å². The van der Waals surface area contributed by atoms with E-state index in [1.807, 2.05) is 14.7 Å². The molecule has 6 heteroatoms. The summed E-state index contributed by atoms with van der Waals surface area (Å²) in [6.45, 7) is 4.84. The number of rotatable bonds is 6. The Morgan fingerprint density at radius 1 is 0.808 bits per heavy atom. The topological polar surface area (TPSA) is 60.9 Å². The van der Waals surface area contributed by atoms with Crippen LogP contribution in [0.15, 0.2) is 0 Å². The van der Waals surface area contributed by atoms with Gasteiger partial charge in [0.25, 0.3) is 0 Å². The van der Waals surface area contributed by atoms with Crippen molar-refractivity contribution in [3.63, 3.8) is 0 Å². The molecule has 3 rings (SSSR count). The zero-order valence-corrected chi connectivity index (χ0v) is 16.0. The predicted octanol–water partition coefficient (Wildman–Crippen LogP) is 2.03. The van der Waals surface area contributed by atoms with Gasteiger partial charge in [0, 0.05) is 58.5 Å². The van der Waals surface area contributed by atoms with Crippen molar-refractivity contribution in [3.05, 3.63) is 0 Å². The minimum absolute atomic E-state index is 0.190. The van der Waals surface area contributed by atoms with Gasteiger partial charge in [0.1, 0.15) is 0 Å². The van der Waals surface area contributed by atoms with Crippen LogP contribution in [0.3, 0.4) is 0 Å². The second-order valence-corrected chi connectivity index (χ2v) is 8.04. The number of nitrogens with zero attached hydrogens (tertiary/aromatic N) is 3. The van der Waals surface area contributed by atoms with Gasteiger partial charge in [-0.3, -0.25) is 14.4 Å². The Bertz CT molecular complexity index is 514. The van der Waals surface area contributed by atoms with Crippen LogP contribution < -0.4 is 0 Å². The summed E-state index contributed by atoms with van der Waals surface area (Å²) < 4.78 is 0. The number of amides is 3. The van der Waals surface area contributed by atoms with Gasteiger partial charge in [0.15, 0.2) is 0 Å². The first-order valence-electron chi connectivity index (χ1n) is 10.5. The van der Waals surface area contributed by atoms with Crippen LogP contribution in [0.1, 0.15) is 64.2 Å². The molecule has 0 bridgehead atoms. The molecule has 0 saturated carbocycles. The fourth-order valence-electron chi connectivity index (χ4n) is 4.41. The molecule has 3 aliphatic rings. The van der Waals surface area contributed by atoms with E-state index < -0.39 is 0 Å². The van der Waals surface area contributed by atoms with Crippen molar-refractivity contribution in [1.29, 1.82) is 0 Å². The molecule has 0 unspecified atom stereocenters. The Hall–Kier alpha value is -1.59. The second kappa shape index (κ2) is 9.38. The van der Waals surface area contributed by atoms with E-state index in [0.29, 0.717) is 37.6 Å². The number of likely N-dealkylation sites (tertiary alicyclic amines) is 3. The van der Waals surface area contributed by atoms with E-state index in [1.165, 1.54) is 0 Å². The Morgan fingerprint density at radius 2 is 1.46 bits per heavy atom. The lowest BCUT2D eigenvalue weighted by Gasteiger charge is -2.33. The number of carbonyl (C=O) groups excluding carboxylic acids is 3. The monoisotopic (exact) mass is 363 g/mol. The average molecular weight is 364 g/mol. The molecule has 0 aromatic heterocycles. The predicted molar refractivity (Wildman–Crippen MR) is 99.4 cm³/mol. The molecule has 0 aliphatic carbocycles. The summed E-state index contributed by atoms with van der Waals surface area (Å²) in [4.78, 5) is 42.0. The molecule has 0 radical (unpaired) electrons. The lowest BCUT2D eigenvalue weighted by molar-refractivity contribution is -0.135. The third-order valence-electron chi connectivity index (χ3n) is 6.21. The SMILES string of the molecule is O=C1CCCCCN1CCC(=O)N1CCC(CCN2CCCC2=O)CC1. The maximum Gasteiger partial charge on any atom is 0.224 e. The molecule has 3 amide bonds. The highest BCUT2D eigenvalue weighted by Crippen LogP contribution is 2.23. The van der Waals surface area contributed by atoms with E-state index in [2.05, 4.69) is 0 Å².